The van der Waals surface area contributed by atoms with Crippen molar-refractivity contribution in [1.82, 2.24) is 9.97 Å². The molecular formula is C19H15Cl2FIN4OP. The summed E-state index contributed by atoms with van der Waals surface area (Å²) in [4.78, 5) is 7.59. The number of ether oxygens (including phenoxy) is 1. The molecule has 0 aliphatic rings. The van der Waals surface area contributed by atoms with Crippen LogP contribution >= 0.6 is 51.6 Å². The second-order valence-electron chi connectivity index (χ2n) is 5.95. The molecule has 2 N–H and O–H groups in total. The largest absolute Gasteiger partial charge is 0.486 e. The third-order valence-corrected chi connectivity index (χ3v) is 5.84. The van der Waals surface area contributed by atoms with E-state index in [1.165, 1.54) is 30.7 Å². The standard InChI is InChI=1S/C19H15Cl2FIN4OP/c1-10(18-14(20)8-25-9-15(18)21)28-12-3-4-16(27-29-23)13(6-12)19(24)11-2-5-17(22)26-7-11/h2-10,24,27,29H,1H3/t10-/m1/s1. The fourth-order valence-electron chi connectivity index (χ4n) is 2.72. The number of halogens is 4. The first kappa shape index (κ1) is 22.2. The maximum absolute atomic E-state index is 13.1. The highest BCUT2D eigenvalue weighted by atomic mass is 127. The number of pyridine rings is 2. The average molecular weight is 563 g/mol. The number of anilines is 1. The Morgan fingerprint density at radius 1 is 1.21 bits per heavy atom. The van der Waals surface area contributed by atoms with E-state index in [0.29, 0.717) is 38.9 Å². The van der Waals surface area contributed by atoms with Crippen LogP contribution in [-0.4, -0.2) is 15.7 Å². The number of nitrogens with zero attached hydrogens (tertiary/aromatic N) is 2. The van der Waals surface area contributed by atoms with E-state index in [1.54, 1.807) is 12.1 Å². The number of hydrogen-bond donors (Lipinski definition) is 2. The van der Waals surface area contributed by atoms with Gasteiger partial charge in [-0.1, -0.05) is 23.2 Å². The Labute approximate surface area is 192 Å². The van der Waals surface area contributed by atoms with Crippen LogP contribution in [0.15, 0.2) is 48.9 Å². The zero-order chi connectivity index (χ0) is 21.0. The summed E-state index contributed by atoms with van der Waals surface area (Å²) in [6.45, 7) is 1.83. The summed E-state index contributed by atoms with van der Waals surface area (Å²) in [6, 6.07) is 8.15. The van der Waals surface area contributed by atoms with Crippen LogP contribution in [0.5, 0.6) is 5.75 Å². The molecule has 2 atom stereocenters. The Kier molecular flexibility index (Phi) is 7.62. The van der Waals surface area contributed by atoms with Gasteiger partial charge in [0.25, 0.3) is 0 Å². The molecule has 0 aliphatic heterocycles. The summed E-state index contributed by atoms with van der Waals surface area (Å²) in [5.41, 5.74) is 2.72. The van der Waals surface area contributed by atoms with Gasteiger partial charge in [0.1, 0.15) is 11.9 Å². The number of rotatable bonds is 7. The Balaban J connectivity index is 1.94. The molecule has 2 aromatic heterocycles. The van der Waals surface area contributed by atoms with E-state index in [9.17, 15) is 4.39 Å². The highest BCUT2D eigenvalue weighted by Gasteiger charge is 2.18. The molecule has 0 spiro atoms. The summed E-state index contributed by atoms with van der Waals surface area (Å²) in [5.74, 6) is -0.0516. The van der Waals surface area contributed by atoms with Crippen molar-refractivity contribution >= 4 is 63.0 Å². The minimum atomic E-state index is -0.592. The molecule has 2 heterocycles. The monoisotopic (exact) mass is 562 g/mol. The lowest BCUT2D eigenvalue weighted by molar-refractivity contribution is 0.227. The Hall–Kier alpha value is -1.54. The molecule has 29 heavy (non-hydrogen) atoms. The average Bonchev–Trinajstić information content (AvgIpc) is 2.69. The van der Waals surface area contributed by atoms with Crippen LogP contribution in [0.3, 0.4) is 0 Å². The molecule has 1 unspecified atom stereocenters. The first-order chi connectivity index (χ1) is 13.9. The summed E-state index contributed by atoms with van der Waals surface area (Å²) >= 11 is 14.7. The van der Waals surface area contributed by atoms with Crippen molar-refractivity contribution < 1.29 is 9.13 Å². The Morgan fingerprint density at radius 3 is 2.55 bits per heavy atom. The van der Waals surface area contributed by atoms with E-state index in [2.05, 4.69) is 37.1 Å². The van der Waals surface area contributed by atoms with Gasteiger partial charge in [-0.2, -0.15) is 4.39 Å². The number of aromatic nitrogens is 2. The maximum Gasteiger partial charge on any atom is 0.212 e. The molecule has 5 nitrogen and oxygen atoms in total. The minimum absolute atomic E-state index is 0.202. The number of nitrogens with one attached hydrogen (secondary N) is 2. The Morgan fingerprint density at radius 2 is 1.93 bits per heavy atom. The van der Waals surface area contributed by atoms with Gasteiger partial charge in [0.05, 0.1) is 15.8 Å². The highest BCUT2D eigenvalue weighted by molar-refractivity contribution is 14.2. The van der Waals surface area contributed by atoms with Gasteiger partial charge in [0.2, 0.25) is 5.95 Å². The Bertz CT molecular complexity index is 1020. The van der Waals surface area contributed by atoms with Crippen LogP contribution in [0.2, 0.25) is 10.0 Å². The summed E-state index contributed by atoms with van der Waals surface area (Å²) < 4.78 is 19.2. The molecule has 0 aliphatic carbocycles. The van der Waals surface area contributed by atoms with Gasteiger partial charge < -0.3 is 9.82 Å². The lowest BCUT2D eigenvalue weighted by atomic mass is 10.0. The first-order valence-electron chi connectivity index (χ1n) is 8.32. The van der Waals surface area contributed by atoms with Crippen molar-refractivity contribution in [3.05, 3.63) is 81.6 Å². The van der Waals surface area contributed by atoms with Crippen molar-refractivity contribution in [1.29, 1.82) is 5.41 Å². The van der Waals surface area contributed by atoms with Gasteiger partial charge in [-0.25, -0.2) is 4.98 Å². The van der Waals surface area contributed by atoms with E-state index in [-0.39, 0.29) is 5.71 Å². The molecule has 150 valence electrons. The van der Waals surface area contributed by atoms with Gasteiger partial charge in [-0.15, -0.1) is 0 Å². The quantitative estimate of drug-likeness (QED) is 0.143. The number of benzene rings is 1. The molecule has 0 amide bonds. The molecule has 0 saturated carbocycles. The predicted octanol–water partition coefficient (Wildman–Crippen LogP) is 6.83. The van der Waals surface area contributed by atoms with E-state index >= 15 is 0 Å². The van der Waals surface area contributed by atoms with Crippen molar-refractivity contribution in [2.45, 2.75) is 13.0 Å². The van der Waals surface area contributed by atoms with Gasteiger partial charge in [-0.3, -0.25) is 10.4 Å². The minimum Gasteiger partial charge on any atom is -0.486 e. The lowest BCUT2D eigenvalue weighted by Crippen LogP contribution is -2.08. The van der Waals surface area contributed by atoms with Crippen molar-refractivity contribution in [2.24, 2.45) is 0 Å². The van der Waals surface area contributed by atoms with Gasteiger partial charge >= 0.3 is 0 Å². The van der Waals surface area contributed by atoms with Crippen molar-refractivity contribution in [3.63, 3.8) is 0 Å². The maximum atomic E-state index is 13.1. The molecule has 0 radical (unpaired) electrons. The third-order valence-electron chi connectivity index (χ3n) is 4.07. The van der Waals surface area contributed by atoms with Crippen LogP contribution in [0.4, 0.5) is 10.1 Å². The van der Waals surface area contributed by atoms with Gasteiger partial charge in [0.15, 0.2) is 0 Å². The van der Waals surface area contributed by atoms with E-state index in [1.807, 2.05) is 13.0 Å². The van der Waals surface area contributed by atoms with Crippen LogP contribution in [0.1, 0.15) is 29.7 Å². The van der Waals surface area contributed by atoms with E-state index in [0.717, 1.165) is 5.69 Å². The topological polar surface area (TPSA) is 70.9 Å². The molecule has 0 fully saturated rings. The lowest BCUT2D eigenvalue weighted by Gasteiger charge is -2.19. The first-order valence-corrected chi connectivity index (χ1v) is 13.2. The molecule has 1 aromatic carbocycles. The van der Waals surface area contributed by atoms with Crippen LogP contribution in [0, 0.1) is 11.4 Å². The van der Waals surface area contributed by atoms with Gasteiger partial charge in [-0.05, 0) is 59.3 Å². The second-order valence-corrected chi connectivity index (χ2v) is 8.82. The molecule has 10 heteroatoms. The van der Waals surface area contributed by atoms with Crippen LogP contribution in [-0.2, 0) is 0 Å². The molecule has 3 aromatic rings. The predicted molar refractivity (Wildman–Crippen MR) is 126 cm³/mol. The summed E-state index contributed by atoms with van der Waals surface area (Å²) in [7, 11) is 0. The van der Waals surface area contributed by atoms with Crippen LogP contribution in [0.25, 0.3) is 0 Å². The molecular weight excluding hydrogens is 548 g/mol. The zero-order valence-electron chi connectivity index (χ0n) is 15.0. The molecule has 0 bridgehead atoms. The van der Waals surface area contributed by atoms with Crippen LogP contribution < -0.4 is 9.82 Å². The SMILES string of the molecule is C[C@@H](Oc1ccc(NPI)c(C(=N)c2ccc(F)nc2)c1)c1c(Cl)cncc1Cl. The highest BCUT2D eigenvalue weighted by Crippen LogP contribution is 2.35. The van der Waals surface area contributed by atoms with E-state index < -0.39 is 12.1 Å². The fourth-order valence-corrected chi connectivity index (χ4v) is 4.58. The molecule has 0 saturated heterocycles. The molecule has 3 rings (SSSR count). The number of hydrogen-bond acceptors (Lipinski definition) is 5. The second kappa shape index (κ2) is 9.98. The smallest absolute Gasteiger partial charge is 0.212 e. The van der Waals surface area contributed by atoms with E-state index in [4.69, 9.17) is 33.3 Å². The fraction of sp³-hybridized carbons (Fsp3) is 0.105. The third kappa shape index (κ3) is 5.34. The normalized spacial score (nSPS) is 12.2. The summed E-state index contributed by atoms with van der Waals surface area (Å²) in [6.07, 6.45) is 4.34. The van der Waals surface area contributed by atoms with Crippen molar-refractivity contribution in [3.8, 4) is 5.75 Å². The van der Waals surface area contributed by atoms with Crippen molar-refractivity contribution in [2.75, 3.05) is 5.09 Å². The zero-order valence-corrected chi connectivity index (χ0v) is 19.7. The van der Waals surface area contributed by atoms with Gasteiger partial charge in [0, 0.05) is 47.3 Å². The summed E-state index contributed by atoms with van der Waals surface area (Å²) in [5, 5.41) is 12.6.